The van der Waals surface area contributed by atoms with E-state index in [1.54, 1.807) is 6.07 Å². The van der Waals surface area contributed by atoms with Crippen molar-refractivity contribution >= 4 is 0 Å². The molecule has 0 aliphatic rings. The molecule has 1 atom stereocenters. The van der Waals surface area contributed by atoms with Crippen molar-refractivity contribution in [2.75, 3.05) is 20.3 Å². The Balaban J connectivity index is 2.87. The molecule has 0 saturated carbocycles. The summed E-state index contributed by atoms with van der Waals surface area (Å²) in [6.07, 6.45) is 0.569. The van der Waals surface area contributed by atoms with Crippen molar-refractivity contribution in [2.24, 2.45) is 0 Å². The van der Waals surface area contributed by atoms with Crippen LogP contribution in [0.4, 0.5) is 4.39 Å². The van der Waals surface area contributed by atoms with Crippen molar-refractivity contribution in [3.8, 4) is 5.75 Å². The Morgan fingerprint density at radius 3 is 2.75 bits per heavy atom. The summed E-state index contributed by atoms with van der Waals surface area (Å²) in [5.74, 6) is -0.135. The number of hydrogen-bond acceptors (Lipinski definition) is 3. The number of aliphatic hydroxyl groups excluding tert-OH is 1. The Morgan fingerprint density at radius 1 is 1.50 bits per heavy atom. The Labute approximate surface area is 95.2 Å². The first-order valence-corrected chi connectivity index (χ1v) is 5.40. The highest BCUT2D eigenvalue weighted by Crippen LogP contribution is 2.23. The lowest BCUT2D eigenvalue weighted by molar-refractivity contribution is 0.266. The molecule has 1 aromatic rings. The first-order valence-electron chi connectivity index (χ1n) is 5.40. The molecule has 0 aromatic heterocycles. The summed E-state index contributed by atoms with van der Waals surface area (Å²) < 4.78 is 18.3. The van der Waals surface area contributed by atoms with Crippen LogP contribution < -0.4 is 10.1 Å². The normalized spacial score (nSPS) is 12.5. The number of halogens is 1. The topological polar surface area (TPSA) is 41.5 Å². The Bertz CT molecular complexity index is 325. The van der Waals surface area contributed by atoms with Crippen LogP contribution in [0.25, 0.3) is 0 Å². The van der Waals surface area contributed by atoms with Crippen LogP contribution in [0.5, 0.6) is 5.75 Å². The summed E-state index contributed by atoms with van der Waals surface area (Å²) in [6, 6.07) is 4.84. The zero-order valence-electron chi connectivity index (χ0n) is 9.66. The third-order valence-corrected chi connectivity index (χ3v) is 2.45. The zero-order chi connectivity index (χ0) is 12.0. The van der Waals surface area contributed by atoms with Crippen LogP contribution in [0.2, 0.25) is 0 Å². The van der Waals surface area contributed by atoms with Crippen molar-refractivity contribution in [2.45, 2.75) is 19.4 Å². The van der Waals surface area contributed by atoms with E-state index < -0.39 is 0 Å². The van der Waals surface area contributed by atoms with E-state index in [2.05, 4.69) is 5.32 Å². The minimum atomic E-state index is -0.374. The molecular formula is C12H18FNO2. The van der Waals surface area contributed by atoms with E-state index in [1.807, 2.05) is 13.0 Å². The van der Waals surface area contributed by atoms with Gasteiger partial charge in [-0.25, -0.2) is 4.39 Å². The molecule has 1 aromatic carbocycles. The van der Waals surface area contributed by atoms with E-state index in [0.717, 1.165) is 12.1 Å². The third kappa shape index (κ3) is 3.18. The minimum absolute atomic E-state index is 0.0181. The Hall–Kier alpha value is -1.13. The van der Waals surface area contributed by atoms with E-state index in [1.165, 1.54) is 13.2 Å². The van der Waals surface area contributed by atoms with Gasteiger partial charge in [-0.2, -0.15) is 0 Å². The molecule has 3 nitrogen and oxygen atoms in total. The SMILES string of the molecule is CCNC(CCO)c1ccc(OC)c(F)c1. The van der Waals surface area contributed by atoms with E-state index in [-0.39, 0.29) is 24.2 Å². The average Bonchev–Trinajstić information content (AvgIpc) is 2.28. The molecule has 0 heterocycles. The second-order valence-corrected chi connectivity index (χ2v) is 3.52. The van der Waals surface area contributed by atoms with Gasteiger partial charge in [-0.3, -0.25) is 0 Å². The van der Waals surface area contributed by atoms with Gasteiger partial charge in [-0.15, -0.1) is 0 Å². The number of aliphatic hydroxyl groups is 1. The smallest absolute Gasteiger partial charge is 0.165 e. The molecule has 1 unspecified atom stereocenters. The number of hydrogen-bond donors (Lipinski definition) is 2. The molecule has 0 spiro atoms. The van der Waals surface area contributed by atoms with Crippen LogP contribution in [-0.4, -0.2) is 25.4 Å². The van der Waals surface area contributed by atoms with E-state index in [4.69, 9.17) is 9.84 Å². The van der Waals surface area contributed by atoms with Crippen LogP contribution >= 0.6 is 0 Å². The molecular weight excluding hydrogens is 209 g/mol. The molecule has 90 valence electrons. The van der Waals surface area contributed by atoms with Crippen molar-refractivity contribution in [3.05, 3.63) is 29.6 Å². The molecule has 4 heteroatoms. The van der Waals surface area contributed by atoms with E-state index in [0.29, 0.717) is 6.42 Å². The first-order chi connectivity index (χ1) is 7.72. The lowest BCUT2D eigenvalue weighted by Crippen LogP contribution is -2.22. The van der Waals surface area contributed by atoms with E-state index >= 15 is 0 Å². The van der Waals surface area contributed by atoms with Gasteiger partial charge in [0, 0.05) is 12.6 Å². The van der Waals surface area contributed by atoms with Crippen molar-refractivity contribution < 1.29 is 14.2 Å². The van der Waals surface area contributed by atoms with E-state index in [9.17, 15) is 4.39 Å². The van der Waals surface area contributed by atoms with Gasteiger partial charge >= 0.3 is 0 Å². The van der Waals surface area contributed by atoms with Crippen LogP contribution in [0, 0.1) is 5.82 Å². The predicted molar refractivity (Wildman–Crippen MR) is 61.1 cm³/mol. The molecule has 0 radical (unpaired) electrons. The van der Waals surface area contributed by atoms with Crippen molar-refractivity contribution in [3.63, 3.8) is 0 Å². The predicted octanol–water partition coefficient (Wildman–Crippen LogP) is 1.87. The fourth-order valence-electron chi connectivity index (χ4n) is 1.66. The summed E-state index contributed by atoms with van der Waals surface area (Å²) in [5, 5.41) is 12.1. The van der Waals surface area contributed by atoms with Gasteiger partial charge in [0.1, 0.15) is 0 Å². The highest BCUT2D eigenvalue weighted by atomic mass is 19.1. The largest absolute Gasteiger partial charge is 0.494 e. The average molecular weight is 227 g/mol. The van der Waals surface area contributed by atoms with Crippen LogP contribution in [0.3, 0.4) is 0 Å². The monoisotopic (exact) mass is 227 g/mol. The van der Waals surface area contributed by atoms with Crippen LogP contribution in [0.15, 0.2) is 18.2 Å². The number of benzene rings is 1. The van der Waals surface area contributed by atoms with Crippen LogP contribution in [0.1, 0.15) is 24.9 Å². The maximum atomic E-state index is 13.5. The Kier molecular flexibility index (Phi) is 5.22. The molecule has 0 aliphatic carbocycles. The second kappa shape index (κ2) is 6.45. The third-order valence-electron chi connectivity index (χ3n) is 2.45. The lowest BCUT2D eigenvalue weighted by atomic mass is 10.0. The molecule has 0 bridgehead atoms. The fourth-order valence-corrected chi connectivity index (χ4v) is 1.66. The fraction of sp³-hybridized carbons (Fsp3) is 0.500. The molecule has 0 amide bonds. The van der Waals surface area contributed by atoms with Gasteiger partial charge in [-0.1, -0.05) is 13.0 Å². The zero-order valence-corrected chi connectivity index (χ0v) is 9.66. The summed E-state index contributed by atoms with van der Waals surface area (Å²) in [7, 11) is 1.44. The van der Waals surface area contributed by atoms with Gasteiger partial charge in [0.05, 0.1) is 7.11 Å². The highest BCUT2D eigenvalue weighted by molar-refractivity contribution is 5.31. The molecule has 16 heavy (non-hydrogen) atoms. The lowest BCUT2D eigenvalue weighted by Gasteiger charge is -2.17. The molecule has 2 N–H and O–H groups in total. The van der Waals surface area contributed by atoms with Gasteiger partial charge in [-0.05, 0) is 30.7 Å². The van der Waals surface area contributed by atoms with Gasteiger partial charge in [0.2, 0.25) is 0 Å². The van der Waals surface area contributed by atoms with Crippen molar-refractivity contribution in [1.82, 2.24) is 5.32 Å². The maximum Gasteiger partial charge on any atom is 0.165 e. The highest BCUT2D eigenvalue weighted by Gasteiger charge is 2.12. The van der Waals surface area contributed by atoms with Gasteiger partial charge < -0.3 is 15.2 Å². The summed E-state index contributed by atoms with van der Waals surface area (Å²) in [4.78, 5) is 0. The number of ether oxygens (including phenoxy) is 1. The summed E-state index contributed by atoms with van der Waals surface area (Å²) in [5.41, 5.74) is 0.828. The molecule has 0 aliphatic heterocycles. The maximum absolute atomic E-state index is 13.5. The second-order valence-electron chi connectivity index (χ2n) is 3.52. The quantitative estimate of drug-likeness (QED) is 0.779. The molecule has 0 fully saturated rings. The molecule has 1 rings (SSSR count). The van der Waals surface area contributed by atoms with Crippen molar-refractivity contribution in [1.29, 1.82) is 0 Å². The van der Waals surface area contributed by atoms with Gasteiger partial charge in [0.15, 0.2) is 11.6 Å². The Morgan fingerprint density at radius 2 is 2.25 bits per heavy atom. The first kappa shape index (κ1) is 12.9. The summed E-state index contributed by atoms with van der Waals surface area (Å²) >= 11 is 0. The van der Waals surface area contributed by atoms with Crippen LogP contribution in [-0.2, 0) is 0 Å². The van der Waals surface area contributed by atoms with Gasteiger partial charge in [0.25, 0.3) is 0 Å². The molecule has 0 saturated heterocycles. The summed E-state index contributed by atoms with van der Waals surface area (Å²) in [6.45, 7) is 2.83. The number of methoxy groups -OCH3 is 1. The minimum Gasteiger partial charge on any atom is -0.494 e. The number of nitrogens with one attached hydrogen (secondary N) is 1. The standard InChI is InChI=1S/C12H18FNO2/c1-3-14-11(6-7-15)9-4-5-12(16-2)10(13)8-9/h4-5,8,11,14-15H,3,6-7H2,1-2H3. The number of rotatable bonds is 6.